The highest BCUT2D eigenvalue weighted by Crippen LogP contribution is 2.49. The summed E-state index contributed by atoms with van der Waals surface area (Å²) in [5.74, 6) is -1.54. The third kappa shape index (κ3) is 2.23. The van der Waals surface area contributed by atoms with E-state index in [-0.39, 0.29) is 40.7 Å². The number of rotatable bonds is 3. The molecule has 3 aliphatic heterocycles. The van der Waals surface area contributed by atoms with Crippen molar-refractivity contribution < 1.29 is 18.7 Å². The second-order valence-corrected chi connectivity index (χ2v) is 7.39. The van der Waals surface area contributed by atoms with Crippen LogP contribution >= 0.6 is 11.6 Å². The molecule has 2 bridgehead atoms. The van der Waals surface area contributed by atoms with Crippen LogP contribution in [0.2, 0.25) is 5.02 Å². The lowest BCUT2D eigenvalue weighted by Gasteiger charge is -2.15. The van der Waals surface area contributed by atoms with Gasteiger partial charge in [0.05, 0.1) is 30.6 Å². The number of amides is 2. The molecule has 2 aromatic rings. The predicted molar refractivity (Wildman–Crippen MR) is 90.1 cm³/mol. The molecule has 2 amide bonds. The van der Waals surface area contributed by atoms with Gasteiger partial charge in [0.2, 0.25) is 11.8 Å². The second-order valence-electron chi connectivity index (χ2n) is 6.98. The van der Waals surface area contributed by atoms with E-state index in [0.717, 1.165) is 23.3 Å². The van der Waals surface area contributed by atoms with Crippen LogP contribution in [0.15, 0.2) is 30.5 Å². The van der Waals surface area contributed by atoms with Gasteiger partial charge in [0, 0.05) is 6.20 Å². The number of carbonyl (C=O) groups excluding carboxylic acids is 2. The molecule has 0 spiro atoms. The Morgan fingerprint density at radius 2 is 1.73 bits per heavy atom. The van der Waals surface area contributed by atoms with E-state index in [4.69, 9.17) is 16.3 Å². The molecule has 3 aliphatic rings. The molecule has 0 unspecified atom stereocenters. The molecule has 3 fully saturated rings. The van der Waals surface area contributed by atoms with Crippen LogP contribution < -0.4 is 4.90 Å². The summed E-state index contributed by atoms with van der Waals surface area (Å²) >= 11 is 6.27. The zero-order valence-electron chi connectivity index (χ0n) is 13.6. The summed E-state index contributed by atoms with van der Waals surface area (Å²) in [4.78, 5) is 26.8. The number of carbonyl (C=O) groups is 2. The van der Waals surface area contributed by atoms with Crippen molar-refractivity contribution in [3.05, 3.63) is 46.9 Å². The van der Waals surface area contributed by atoms with Crippen molar-refractivity contribution in [3.63, 3.8) is 0 Å². The molecule has 1 aromatic heterocycles. The minimum atomic E-state index is -0.417. The Labute approximate surface area is 153 Å². The second kappa shape index (κ2) is 5.62. The first-order valence-corrected chi connectivity index (χ1v) is 8.91. The summed E-state index contributed by atoms with van der Waals surface area (Å²) < 4.78 is 20.3. The van der Waals surface area contributed by atoms with E-state index in [9.17, 15) is 14.0 Å². The number of benzene rings is 1. The summed E-state index contributed by atoms with van der Waals surface area (Å²) in [7, 11) is 0. The quantitative estimate of drug-likeness (QED) is 0.773. The molecule has 6 nitrogen and oxygen atoms in total. The first kappa shape index (κ1) is 16.0. The maximum Gasteiger partial charge on any atom is 0.241 e. The number of hydrogen-bond acceptors (Lipinski definition) is 4. The van der Waals surface area contributed by atoms with Crippen LogP contribution in [0.5, 0.6) is 0 Å². The van der Waals surface area contributed by atoms with Gasteiger partial charge >= 0.3 is 0 Å². The highest BCUT2D eigenvalue weighted by atomic mass is 35.5. The standard InChI is InChI=1S/C18H15ClFN3O3/c19-11-8-22(7-9-1-3-10(20)4-2-9)21-16(11)23-17(24)14-12-5-6-13(26-12)15(14)18(23)25/h1-4,8,12-15H,5-7H2/t12-,13-,14+,15+/m1/s1. The summed E-state index contributed by atoms with van der Waals surface area (Å²) in [6.07, 6.45) is 2.84. The van der Waals surface area contributed by atoms with Gasteiger partial charge in [-0.1, -0.05) is 23.7 Å². The third-order valence-corrected chi connectivity index (χ3v) is 5.72. The van der Waals surface area contributed by atoms with Gasteiger partial charge < -0.3 is 4.74 Å². The summed E-state index contributed by atoms with van der Waals surface area (Å²) in [5, 5.41) is 4.58. The molecular weight excluding hydrogens is 361 g/mol. The van der Waals surface area contributed by atoms with Gasteiger partial charge in [-0.15, -0.1) is 0 Å². The molecule has 3 saturated heterocycles. The smallest absolute Gasteiger partial charge is 0.241 e. The zero-order valence-corrected chi connectivity index (χ0v) is 14.4. The highest BCUT2D eigenvalue weighted by Gasteiger charge is 2.63. The summed E-state index contributed by atoms with van der Waals surface area (Å²) in [6, 6.07) is 6.03. The molecule has 0 N–H and O–H groups in total. The number of ether oxygens (including phenoxy) is 1. The van der Waals surface area contributed by atoms with Crippen molar-refractivity contribution in [3.8, 4) is 0 Å². The molecule has 26 heavy (non-hydrogen) atoms. The first-order chi connectivity index (χ1) is 12.5. The van der Waals surface area contributed by atoms with Crippen molar-refractivity contribution >= 4 is 29.2 Å². The Morgan fingerprint density at radius 1 is 1.12 bits per heavy atom. The number of halogens is 2. The number of hydrogen-bond donors (Lipinski definition) is 0. The average Bonchev–Trinajstić information content (AvgIpc) is 3.35. The van der Waals surface area contributed by atoms with Crippen LogP contribution in [0.3, 0.4) is 0 Å². The van der Waals surface area contributed by atoms with Crippen LogP contribution in [0.25, 0.3) is 0 Å². The van der Waals surface area contributed by atoms with E-state index in [1.165, 1.54) is 12.1 Å². The van der Waals surface area contributed by atoms with Crippen molar-refractivity contribution in [1.82, 2.24) is 9.78 Å². The normalized spacial score (nSPS) is 29.7. The monoisotopic (exact) mass is 375 g/mol. The van der Waals surface area contributed by atoms with Crippen molar-refractivity contribution in [1.29, 1.82) is 0 Å². The van der Waals surface area contributed by atoms with Crippen LogP contribution in [0, 0.1) is 17.7 Å². The fourth-order valence-corrected chi connectivity index (χ4v) is 4.55. The molecule has 8 heteroatoms. The SMILES string of the molecule is O=C1[C@@H]2[C@@H](C(=O)N1c1nn(Cc3ccc(F)cc3)cc1Cl)[C@H]1CC[C@H]2O1. The molecule has 0 radical (unpaired) electrons. The van der Waals surface area contributed by atoms with E-state index in [2.05, 4.69) is 5.10 Å². The Kier molecular flexibility index (Phi) is 3.45. The minimum absolute atomic E-state index is 0.164. The molecule has 5 rings (SSSR count). The largest absolute Gasteiger partial charge is 0.373 e. The van der Waals surface area contributed by atoms with E-state index in [1.54, 1.807) is 23.0 Å². The number of anilines is 1. The third-order valence-electron chi connectivity index (χ3n) is 5.45. The maximum absolute atomic E-state index is 13.0. The fraction of sp³-hybridized carbons (Fsp3) is 0.389. The number of fused-ring (bicyclic) bond motifs is 5. The van der Waals surface area contributed by atoms with Gasteiger partial charge in [0.1, 0.15) is 10.8 Å². The Balaban J connectivity index is 1.44. The van der Waals surface area contributed by atoms with E-state index >= 15 is 0 Å². The number of aromatic nitrogens is 2. The molecule has 134 valence electrons. The van der Waals surface area contributed by atoms with E-state index in [1.807, 2.05) is 0 Å². The van der Waals surface area contributed by atoms with Gasteiger partial charge in [-0.05, 0) is 30.5 Å². The Hall–Kier alpha value is -2.25. The molecule has 1 aromatic carbocycles. The van der Waals surface area contributed by atoms with Gasteiger partial charge in [0.25, 0.3) is 0 Å². The van der Waals surface area contributed by atoms with Crippen LogP contribution in [0.1, 0.15) is 18.4 Å². The molecule has 0 aliphatic carbocycles. The Morgan fingerprint density at radius 3 is 2.35 bits per heavy atom. The van der Waals surface area contributed by atoms with E-state index in [0.29, 0.717) is 6.54 Å². The van der Waals surface area contributed by atoms with Crippen LogP contribution in [-0.2, 0) is 20.9 Å². The van der Waals surface area contributed by atoms with Gasteiger partial charge in [-0.25, -0.2) is 9.29 Å². The zero-order chi connectivity index (χ0) is 18.0. The van der Waals surface area contributed by atoms with Crippen molar-refractivity contribution in [2.24, 2.45) is 11.8 Å². The minimum Gasteiger partial charge on any atom is -0.373 e. The highest BCUT2D eigenvalue weighted by molar-refractivity contribution is 6.35. The van der Waals surface area contributed by atoms with E-state index < -0.39 is 11.8 Å². The van der Waals surface area contributed by atoms with Gasteiger partial charge in [0.15, 0.2) is 5.82 Å². The fourth-order valence-electron chi connectivity index (χ4n) is 4.32. The maximum atomic E-state index is 13.0. The Bertz CT molecular complexity index is 885. The van der Waals surface area contributed by atoms with Gasteiger partial charge in [-0.3, -0.25) is 14.3 Å². The lowest BCUT2D eigenvalue weighted by Crippen LogP contribution is -2.34. The van der Waals surface area contributed by atoms with Crippen LogP contribution in [-0.4, -0.2) is 33.8 Å². The number of imide groups is 1. The lowest BCUT2D eigenvalue weighted by molar-refractivity contribution is -0.124. The molecule has 0 saturated carbocycles. The summed E-state index contributed by atoms with van der Waals surface area (Å²) in [6.45, 7) is 0.359. The van der Waals surface area contributed by atoms with Crippen molar-refractivity contribution in [2.45, 2.75) is 31.6 Å². The lowest BCUT2D eigenvalue weighted by atomic mass is 9.81. The van der Waals surface area contributed by atoms with Gasteiger partial charge in [-0.2, -0.15) is 5.10 Å². The van der Waals surface area contributed by atoms with Crippen LogP contribution in [0.4, 0.5) is 10.2 Å². The topological polar surface area (TPSA) is 64.4 Å². The van der Waals surface area contributed by atoms with Crippen molar-refractivity contribution in [2.75, 3.05) is 4.90 Å². The first-order valence-electron chi connectivity index (χ1n) is 8.53. The molecule has 4 heterocycles. The molecule has 4 atom stereocenters. The number of nitrogens with zero attached hydrogens (tertiary/aromatic N) is 3. The predicted octanol–water partition coefficient (Wildman–Crippen LogP) is 2.39. The summed E-state index contributed by atoms with van der Waals surface area (Å²) in [5.41, 5.74) is 0.833. The molecular formula is C18H15ClFN3O3. The average molecular weight is 376 g/mol.